The maximum absolute atomic E-state index is 13.4. The zero-order chi connectivity index (χ0) is 17.5. The molecule has 0 aliphatic heterocycles. The first-order valence-corrected chi connectivity index (χ1v) is 7.00. The van der Waals surface area contributed by atoms with Crippen LogP contribution in [0, 0.1) is 6.92 Å². The largest absolute Gasteiger partial charge is 0.493 e. The van der Waals surface area contributed by atoms with E-state index in [2.05, 4.69) is 10.1 Å². The first-order valence-electron chi connectivity index (χ1n) is 7.00. The Hall–Kier alpha value is -2.77. The van der Waals surface area contributed by atoms with E-state index in [1.54, 1.807) is 25.1 Å². The number of aromatic nitrogens is 3. The fourth-order valence-corrected chi connectivity index (χ4v) is 2.43. The molecule has 5 nitrogen and oxygen atoms in total. The maximum atomic E-state index is 13.4. The average Bonchev–Trinajstić information content (AvgIpc) is 2.92. The van der Waals surface area contributed by atoms with Crippen molar-refractivity contribution >= 4 is 5.65 Å². The van der Waals surface area contributed by atoms with E-state index in [0.717, 1.165) is 10.6 Å². The molecule has 0 fully saturated rings. The zero-order valence-corrected chi connectivity index (χ0v) is 13.2. The molecule has 8 heteroatoms. The number of nitrogens with zero attached hydrogens (tertiary/aromatic N) is 3. The maximum Gasteiger partial charge on any atom is 0.433 e. The Morgan fingerprint density at radius 2 is 1.71 bits per heavy atom. The molecule has 0 bridgehead atoms. The summed E-state index contributed by atoms with van der Waals surface area (Å²) in [5.74, 6) is 0.897. The Kier molecular flexibility index (Phi) is 3.82. The molecular weight excluding hydrogens is 323 g/mol. The van der Waals surface area contributed by atoms with E-state index in [1.807, 2.05) is 0 Å². The molecule has 0 atom stereocenters. The van der Waals surface area contributed by atoms with Gasteiger partial charge in [-0.2, -0.15) is 18.3 Å². The monoisotopic (exact) mass is 337 g/mol. The summed E-state index contributed by atoms with van der Waals surface area (Å²) in [6.45, 7) is 1.62. The highest BCUT2D eigenvalue weighted by Crippen LogP contribution is 2.35. The summed E-state index contributed by atoms with van der Waals surface area (Å²) in [5, 5.41) is 3.86. The predicted molar refractivity (Wildman–Crippen MR) is 81.3 cm³/mol. The van der Waals surface area contributed by atoms with Gasteiger partial charge in [-0.15, -0.1) is 0 Å². The van der Waals surface area contributed by atoms with Crippen LogP contribution >= 0.6 is 0 Å². The summed E-state index contributed by atoms with van der Waals surface area (Å²) < 4.78 is 51.2. The van der Waals surface area contributed by atoms with E-state index in [9.17, 15) is 13.2 Å². The Morgan fingerprint density at radius 3 is 2.33 bits per heavy atom. The van der Waals surface area contributed by atoms with E-state index in [0.29, 0.717) is 22.8 Å². The van der Waals surface area contributed by atoms with E-state index in [4.69, 9.17) is 9.47 Å². The van der Waals surface area contributed by atoms with Crippen LogP contribution in [0.5, 0.6) is 11.5 Å². The van der Waals surface area contributed by atoms with Gasteiger partial charge in [0.1, 0.15) is 0 Å². The number of hydrogen-bond acceptors (Lipinski definition) is 4. The van der Waals surface area contributed by atoms with Gasteiger partial charge in [-0.05, 0) is 31.2 Å². The standard InChI is InChI=1S/C16H14F3N3O2/c1-9-6-15-20-11(8-14(16(17,18)19)22(15)21-9)10-4-5-12(23-2)13(7-10)24-3/h4-8H,1-3H3. The van der Waals surface area contributed by atoms with Crippen LogP contribution in [-0.2, 0) is 6.18 Å². The van der Waals surface area contributed by atoms with Crippen molar-refractivity contribution in [3.05, 3.63) is 41.7 Å². The molecule has 0 radical (unpaired) electrons. The smallest absolute Gasteiger partial charge is 0.433 e. The zero-order valence-electron chi connectivity index (χ0n) is 13.2. The SMILES string of the molecule is COc1ccc(-c2cc(C(F)(F)F)n3nc(C)cc3n2)cc1OC. The minimum atomic E-state index is -4.55. The van der Waals surface area contributed by atoms with Crippen molar-refractivity contribution in [1.82, 2.24) is 14.6 Å². The van der Waals surface area contributed by atoms with Gasteiger partial charge in [-0.1, -0.05) is 0 Å². The van der Waals surface area contributed by atoms with Crippen LogP contribution in [0.4, 0.5) is 13.2 Å². The molecule has 0 aliphatic carbocycles. The van der Waals surface area contributed by atoms with Crippen LogP contribution in [0.25, 0.3) is 16.9 Å². The van der Waals surface area contributed by atoms with Gasteiger partial charge in [0.2, 0.25) is 0 Å². The number of ether oxygens (including phenoxy) is 2. The summed E-state index contributed by atoms with van der Waals surface area (Å²) in [4.78, 5) is 4.28. The number of methoxy groups -OCH3 is 2. The highest BCUT2D eigenvalue weighted by molar-refractivity contribution is 5.66. The molecule has 3 aromatic rings. The van der Waals surface area contributed by atoms with E-state index < -0.39 is 11.9 Å². The van der Waals surface area contributed by atoms with Gasteiger partial charge in [-0.25, -0.2) is 9.50 Å². The van der Waals surface area contributed by atoms with Gasteiger partial charge in [0, 0.05) is 11.6 Å². The second-order valence-electron chi connectivity index (χ2n) is 5.15. The molecule has 0 aliphatic rings. The Morgan fingerprint density at radius 1 is 1.00 bits per heavy atom. The van der Waals surface area contributed by atoms with Gasteiger partial charge >= 0.3 is 6.18 Å². The first kappa shape index (κ1) is 16.1. The Bertz CT molecular complexity index is 903. The second kappa shape index (κ2) is 5.70. The third-order valence-corrected chi connectivity index (χ3v) is 3.52. The molecular formula is C16H14F3N3O2. The summed E-state index contributed by atoms with van der Waals surface area (Å²) in [5.41, 5.74) is 0.366. The van der Waals surface area contributed by atoms with Crippen LogP contribution in [0.1, 0.15) is 11.4 Å². The van der Waals surface area contributed by atoms with Crippen molar-refractivity contribution < 1.29 is 22.6 Å². The lowest BCUT2D eigenvalue weighted by atomic mass is 10.1. The summed E-state index contributed by atoms with van der Waals surface area (Å²) >= 11 is 0. The lowest BCUT2D eigenvalue weighted by Gasteiger charge is -2.12. The Labute approximate surface area is 135 Å². The minimum absolute atomic E-state index is 0.132. The third-order valence-electron chi connectivity index (χ3n) is 3.52. The van der Waals surface area contributed by atoms with Crippen molar-refractivity contribution in [2.24, 2.45) is 0 Å². The van der Waals surface area contributed by atoms with Crippen molar-refractivity contribution in [2.45, 2.75) is 13.1 Å². The highest BCUT2D eigenvalue weighted by atomic mass is 19.4. The van der Waals surface area contributed by atoms with Crippen LogP contribution in [-0.4, -0.2) is 28.8 Å². The molecule has 0 amide bonds. The fraction of sp³-hybridized carbons (Fsp3) is 0.250. The molecule has 2 heterocycles. The molecule has 0 N–H and O–H groups in total. The van der Waals surface area contributed by atoms with E-state index in [1.165, 1.54) is 20.3 Å². The second-order valence-corrected chi connectivity index (χ2v) is 5.15. The minimum Gasteiger partial charge on any atom is -0.493 e. The predicted octanol–water partition coefficient (Wildman–Crippen LogP) is 3.74. The quantitative estimate of drug-likeness (QED) is 0.730. The van der Waals surface area contributed by atoms with Crippen molar-refractivity contribution in [3.63, 3.8) is 0 Å². The highest BCUT2D eigenvalue weighted by Gasteiger charge is 2.35. The molecule has 0 spiro atoms. The average molecular weight is 337 g/mol. The van der Waals surface area contributed by atoms with Gasteiger partial charge < -0.3 is 9.47 Å². The normalized spacial score (nSPS) is 11.8. The molecule has 126 valence electrons. The van der Waals surface area contributed by atoms with Gasteiger partial charge in [0.05, 0.1) is 25.6 Å². The van der Waals surface area contributed by atoms with E-state index in [-0.39, 0.29) is 11.3 Å². The lowest BCUT2D eigenvalue weighted by molar-refractivity contribution is -0.142. The molecule has 1 aromatic carbocycles. The number of fused-ring (bicyclic) bond motifs is 1. The molecule has 0 unspecified atom stereocenters. The molecule has 24 heavy (non-hydrogen) atoms. The summed E-state index contributed by atoms with van der Waals surface area (Å²) in [7, 11) is 2.94. The number of aryl methyl sites for hydroxylation is 1. The number of halogens is 3. The van der Waals surface area contributed by atoms with Gasteiger partial charge in [-0.3, -0.25) is 0 Å². The number of rotatable bonds is 3. The van der Waals surface area contributed by atoms with Gasteiger partial charge in [0.15, 0.2) is 22.8 Å². The van der Waals surface area contributed by atoms with E-state index >= 15 is 0 Å². The van der Waals surface area contributed by atoms with Crippen molar-refractivity contribution in [3.8, 4) is 22.8 Å². The topological polar surface area (TPSA) is 48.7 Å². The number of alkyl halides is 3. The molecule has 0 saturated heterocycles. The first-order chi connectivity index (χ1) is 11.3. The van der Waals surface area contributed by atoms with Crippen LogP contribution in [0.2, 0.25) is 0 Å². The van der Waals surface area contributed by atoms with Crippen molar-refractivity contribution in [1.29, 1.82) is 0 Å². The molecule has 3 rings (SSSR count). The lowest BCUT2D eigenvalue weighted by Crippen LogP contribution is -2.13. The molecule has 0 saturated carbocycles. The fourth-order valence-electron chi connectivity index (χ4n) is 2.43. The number of hydrogen-bond donors (Lipinski definition) is 0. The Balaban J connectivity index is 2.23. The van der Waals surface area contributed by atoms with Gasteiger partial charge in [0.25, 0.3) is 0 Å². The molecule has 2 aromatic heterocycles. The van der Waals surface area contributed by atoms with Crippen LogP contribution in [0.15, 0.2) is 30.3 Å². The third kappa shape index (κ3) is 2.75. The van der Waals surface area contributed by atoms with Crippen LogP contribution in [0.3, 0.4) is 0 Å². The number of benzene rings is 1. The summed E-state index contributed by atoms with van der Waals surface area (Å²) in [6, 6.07) is 7.31. The van der Waals surface area contributed by atoms with Crippen molar-refractivity contribution in [2.75, 3.05) is 14.2 Å². The summed E-state index contributed by atoms with van der Waals surface area (Å²) in [6.07, 6.45) is -4.55. The van der Waals surface area contributed by atoms with Crippen LogP contribution < -0.4 is 9.47 Å².